The van der Waals surface area contributed by atoms with E-state index in [1.807, 2.05) is 18.2 Å². The van der Waals surface area contributed by atoms with Gasteiger partial charge in [-0.3, -0.25) is 0 Å². The molecule has 1 aliphatic carbocycles. The zero-order valence-corrected chi connectivity index (χ0v) is 21.2. The van der Waals surface area contributed by atoms with Crippen molar-refractivity contribution in [2.75, 3.05) is 0 Å². The molecule has 24 heavy (non-hydrogen) atoms. The first-order valence-electron chi connectivity index (χ1n) is 8.05. The third kappa shape index (κ3) is 5.97. The maximum Gasteiger partial charge on any atom is -1.00 e. The fraction of sp³-hybridized carbons (Fsp3) is 0.389. The molecule has 1 aromatic carbocycles. The summed E-state index contributed by atoms with van der Waals surface area (Å²) in [6.45, 7) is 11.2. The monoisotopic (exact) mass is 550 g/mol. The fourth-order valence-electron chi connectivity index (χ4n) is 2.84. The van der Waals surface area contributed by atoms with Crippen molar-refractivity contribution in [3.05, 3.63) is 56.4 Å². The Morgan fingerprint density at radius 3 is 2.33 bits per heavy atom. The van der Waals surface area contributed by atoms with Crippen molar-refractivity contribution >= 4 is 11.9 Å². The first kappa shape index (κ1) is 23.8. The van der Waals surface area contributed by atoms with E-state index in [2.05, 4.69) is 55.4 Å². The van der Waals surface area contributed by atoms with Gasteiger partial charge in [-0.05, 0) is 0 Å². The number of nitrogens with one attached hydrogen (secondary N) is 1. The first-order chi connectivity index (χ1) is 10.4. The predicted octanol–water partition coefficient (Wildman–Crippen LogP) is -1.70. The van der Waals surface area contributed by atoms with E-state index in [4.69, 9.17) is 0 Å². The first-order valence-corrected chi connectivity index (χ1v) is 20.7. The van der Waals surface area contributed by atoms with Crippen LogP contribution in [-0.2, 0) is 20.9 Å². The van der Waals surface area contributed by atoms with Gasteiger partial charge in [0.05, 0.1) is 0 Å². The summed E-state index contributed by atoms with van der Waals surface area (Å²) in [5, 5.41) is 0. The predicted molar refractivity (Wildman–Crippen MR) is 93.3 cm³/mol. The van der Waals surface area contributed by atoms with E-state index in [0.29, 0.717) is 5.92 Å². The van der Waals surface area contributed by atoms with E-state index < -0.39 is 26.9 Å². The van der Waals surface area contributed by atoms with E-state index >= 15 is 0 Å². The number of rotatable bonds is 5. The van der Waals surface area contributed by atoms with Crippen LogP contribution in [0, 0.1) is 0 Å². The van der Waals surface area contributed by atoms with Crippen molar-refractivity contribution in [3.63, 3.8) is 0 Å². The molecular weight excluding hydrogens is 524 g/mol. The molecule has 0 bridgehead atoms. The molecule has 6 heteroatoms. The fourth-order valence-corrected chi connectivity index (χ4v) is 22.2. The van der Waals surface area contributed by atoms with Crippen molar-refractivity contribution in [1.29, 1.82) is 0 Å². The van der Waals surface area contributed by atoms with Crippen molar-refractivity contribution in [2.24, 2.45) is 0 Å². The minimum absolute atomic E-state index is 0. The molecule has 0 atom stereocenters. The van der Waals surface area contributed by atoms with Crippen LogP contribution < -0.4 is 28.1 Å². The molecule has 0 fully saturated rings. The maximum atomic E-state index is 12.8. The van der Waals surface area contributed by atoms with Gasteiger partial charge < -0.3 is 24.8 Å². The smallest absolute Gasteiger partial charge is 1.00 e. The molecule has 0 aliphatic heterocycles. The molecular formula is C18H26Cl2HfNOSi. The number of carbonyl (C=O) groups excluding carboxylic acids is 1. The molecule has 131 valence electrons. The molecule has 1 amide bonds. The Labute approximate surface area is 167 Å². The zero-order valence-electron chi connectivity index (χ0n) is 15.0. The summed E-state index contributed by atoms with van der Waals surface area (Å²) in [6, 6.07) is 8.05. The van der Waals surface area contributed by atoms with Crippen molar-refractivity contribution in [2.45, 2.75) is 46.2 Å². The number of halogens is 2. The van der Waals surface area contributed by atoms with E-state index in [1.54, 1.807) is 3.33 Å². The SMILES string of the molecule is CC1=CC[C]([Hf+2]([NH]C(=O)c2ccccc2C(C)C)[SiH](C)C)=C1.[Cl-].[Cl-]. The van der Waals surface area contributed by atoms with Gasteiger partial charge in [0.1, 0.15) is 0 Å². The van der Waals surface area contributed by atoms with Gasteiger partial charge >= 0.3 is 144 Å². The van der Waals surface area contributed by atoms with Crippen molar-refractivity contribution in [1.82, 2.24) is 3.30 Å². The summed E-state index contributed by atoms with van der Waals surface area (Å²) in [5.41, 5.74) is 3.40. The number of carbonyl (C=O) groups is 1. The number of allylic oxidation sites excluding steroid dienone is 4. The van der Waals surface area contributed by atoms with Crippen LogP contribution >= 0.6 is 0 Å². The zero-order chi connectivity index (χ0) is 16.3. The summed E-state index contributed by atoms with van der Waals surface area (Å²) in [7, 11) is 0. The van der Waals surface area contributed by atoms with Crippen LogP contribution in [0.2, 0.25) is 13.1 Å². The minimum Gasteiger partial charge on any atom is -1.00 e. The van der Waals surface area contributed by atoms with E-state index in [9.17, 15) is 4.79 Å². The molecule has 0 saturated heterocycles. The Bertz CT molecular complexity index is 629. The van der Waals surface area contributed by atoms with Gasteiger partial charge in [-0.2, -0.15) is 0 Å². The van der Waals surface area contributed by atoms with Crippen LogP contribution in [0.25, 0.3) is 0 Å². The molecule has 1 N–H and O–H groups in total. The minimum atomic E-state index is -2.16. The summed E-state index contributed by atoms with van der Waals surface area (Å²) < 4.78 is 5.11. The van der Waals surface area contributed by atoms with Crippen molar-refractivity contribution in [3.8, 4) is 0 Å². The van der Waals surface area contributed by atoms with Crippen molar-refractivity contribution < 1.29 is 50.5 Å². The van der Waals surface area contributed by atoms with Crippen LogP contribution in [0.4, 0.5) is 0 Å². The normalized spacial score (nSPS) is 13.0. The molecule has 2 nitrogen and oxygen atoms in total. The number of amides is 1. The molecule has 0 spiro atoms. The largest absolute Gasteiger partial charge is 1.00 e. The Balaban J connectivity index is 0.00000264. The van der Waals surface area contributed by atoms with Crippen LogP contribution in [0.15, 0.2) is 45.3 Å². The average molecular weight is 550 g/mol. The molecule has 0 unspecified atom stereocenters. The molecule has 0 aromatic heterocycles. The maximum absolute atomic E-state index is 12.8. The third-order valence-electron chi connectivity index (χ3n) is 4.04. The van der Waals surface area contributed by atoms with Gasteiger partial charge in [-0.15, -0.1) is 0 Å². The van der Waals surface area contributed by atoms with Gasteiger partial charge in [0.2, 0.25) is 0 Å². The molecule has 0 heterocycles. The van der Waals surface area contributed by atoms with Crippen LogP contribution in [0.3, 0.4) is 0 Å². The summed E-state index contributed by atoms with van der Waals surface area (Å²) in [5.74, 6) is -0.265. The number of hydrogen-bond acceptors (Lipinski definition) is 1. The Hall–Kier alpha value is -0.163. The summed E-state index contributed by atoms with van der Waals surface area (Å²) in [4.78, 5) is 12.8. The summed E-state index contributed by atoms with van der Waals surface area (Å²) >= 11 is -2.16. The second-order valence-electron chi connectivity index (χ2n) is 6.59. The van der Waals surface area contributed by atoms with Crippen LogP contribution in [-0.4, -0.2) is 11.9 Å². The topological polar surface area (TPSA) is 29.1 Å². The Morgan fingerprint density at radius 2 is 1.83 bits per heavy atom. The average Bonchev–Trinajstić information content (AvgIpc) is 2.90. The number of benzene rings is 1. The molecule has 0 radical (unpaired) electrons. The van der Waals surface area contributed by atoms with E-state index in [-0.39, 0.29) is 30.7 Å². The van der Waals surface area contributed by atoms with Gasteiger partial charge in [-0.1, -0.05) is 0 Å². The number of hydrogen-bond donors (Lipinski definition) is 1. The Morgan fingerprint density at radius 1 is 1.21 bits per heavy atom. The molecule has 1 aliphatic rings. The Kier molecular flexibility index (Phi) is 10.7. The van der Waals surface area contributed by atoms with Gasteiger partial charge in [0.15, 0.2) is 0 Å². The van der Waals surface area contributed by atoms with Gasteiger partial charge in [0.25, 0.3) is 0 Å². The van der Waals surface area contributed by atoms with E-state index in [1.165, 1.54) is 5.57 Å². The third-order valence-corrected chi connectivity index (χ3v) is 27.4. The van der Waals surface area contributed by atoms with Crippen LogP contribution in [0.5, 0.6) is 0 Å². The van der Waals surface area contributed by atoms with Gasteiger partial charge in [-0.25, -0.2) is 0 Å². The quantitative estimate of drug-likeness (QED) is 0.436. The standard InChI is InChI=1S/C10H13NO.C6H7.C2H7Si.2ClH.Hf/c1-7(2)8-5-3-4-6-9(8)10(11)12;1-6-4-2-3-5-6;1-3-2;;;/h3-7H,1-2H3,(H2,11,12);4-5H,2H2,1H3;3H,1-2H3;2*1H;/q;;;;;+3/p-3. The summed E-state index contributed by atoms with van der Waals surface area (Å²) in [6.07, 6.45) is 5.71. The molecule has 1 aromatic rings. The van der Waals surface area contributed by atoms with E-state index in [0.717, 1.165) is 17.5 Å². The van der Waals surface area contributed by atoms with Gasteiger partial charge in [0, 0.05) is 0 Å². The molecule has 0 saturated carbocycles. The molecule has 2 rings (SSSR count). The second kappa shape index (κ2) is 10.7. The second-order valence-corrected chi connectivity index (χ2v) is 32.2. The van der Waals surface area contributed by atoms with Crippen LogP contribution in [0.1, 0.15) is 49.0 Å².